The zero-order valence-electron chi connectivity index (χ0n) is 9.04. The minimum Gasteiger partial charge on any atom is -0.381 e. The summed E-state index contributed by atoms with van der Waals surface area (Å²) < 4.78 is 10.8. The molecule has 0 spiro atoms. The standard InChI is InChI=1S/C10H20N2O3/c11-4-5-12-10(13)3-8-15-9-1-6-14-7-2-9/h9H,1-8,11H2,(H,12,13). The normalized spacial score (nSPS) is 17.7. The molecule has 0 aromatic heterocycles. The van der Waals surface area contributed by atoms with Crippen LogP contribution < -0.4 is 11.1 Å². The number of ether oxygens (including phenoxy) is 2. The first-order valence-corrected chi connectivity index (χ1v) is 5.49. The monoisotopic (exact) mass is 216 g/mol. The highest BCUT2D eigenvalue weighted by Crippen LogP contribution is 2.10. The van der Waals surface area contributed by atoms with Crippen molar-refractivity contribution in [2.24, 2.45) is 5.73 Å². The van der Waals surface area contributed by atoms with E-state index in [1.807, 2.05) is 0 Å². The van der Waals surface area contributed by atoms with Crippen molar-refractivity contribution in [2.75, 3.05) is 32.9 Å². The summed E-state index contributed by atoms with van der Waals surface area (Å²) in [6.07, 6.45) is 2.55. The van der Waals surface area contributed by atoms with E-state index in [4.69, 9.17) is 15.2 Å². The summed E-state index contributed by atoms with van der Waals surface area (Å²) in [6, 6.07) is 0. The van der Waals surface area contributed by atoms with Crippen LogP contribution in [0.5, 0.6) is 0 Å². The van der Waals surface area contributed by atoms with E-state index in [0.29, 0.717) is 26.1 Å². The van der Waals surface area contributed by atoms with Crippen LogP contribution in [0.4, 0.5) is 0 Å². The highest BCUT2D eigenvalue weighted by Gasteiger charge is 2.14. The van der Waals surface area contributed by atoms with Gasteiger partial charge in [-0.1, -0.05) is 0 Å². The Morgan fingerprint density at radius 1 is 1.47 bits per heavy atom. The smallest absolute Gasteiger partial charge is 0.222 e. The van der Waals surface area contributed by atoms with Crippen LogP contribution in [0.15, 0.2) is 0 Å². The van der Waals surface area contributed by atoms with Crippen molar-refractivity contribution in [3.8, 4) is 0 Å². The van der Waals surface area contributed by atoms with E-state index < -0.39 is 0 Å². The van der Waals surface area contributed by atoms with Crippen LogP contribution in [0.3, 0.4) is 0 Å². The largest absolute Gasteiger partial charge is 0.381 e. The maximum absolute atomic E-state index is 11.2. The number of carbonyl (C=O) groups excluding carboxylic acids is 1. The fourth-order valence-electron chi connectivity index (χ4n) is 1.46. The van der Waals surface area contributed by atoms with Gasteiger partial charge in [0.25, 0.3) is 0 Å². The maximum atomic E-state index is 11.2. The van der Waals surface area contributed by atoms with E-state index in [2.05, 4.69) is 5.32 Å². The third-order valence-corrected chi connectivity index (χ3v) is 2.32. The lowest BCUT2D eigenvalue weighted by Gasteiger charge is -2.22. The molecule has 1 amide bonds. The Hall–Kier alpha value is -0.650. The molecule has 0 radical (unpaired) electrons. The van der Waals surface area contributed by atoms with Crippen LogP contribution >= 0.6 is 0 Å². The molecule has 1 aliphatic rings. The highest BCUT2D eigenvalue weighted by molar-refractivity contribution is 5.75. The van der Waals surface area contributed by atoms with Gasteiger partial charge in [0.1, 0.15) is 0 Å². The van der Waals surface area contributed by atoms with Crippen molar-refractivity contribution in [2.45, 2.75) is 25.4 Å². The maximum Gasteiger partial charge on any atom is 0.222 e. The Morgan fingerprint density at radius 2 is 2.20 bits per heavy atom. The van der Waals surface area contributed by atoms with Crippen molar-refractivity contribution >= 4 is 5.91 Å². The minimum atomic E-state index is 0.00695. The van der Waals surface area contributed by atoms with Crippen LogP contribution in [0.25, 0.3) is 0 Å². The lowest BCUT2D eigenvalue weighted by atomic mass is 10.1. The van der Waals surface area contributed by atoms with Crippen LogP contribution in [-0.4, -0.2) is 44.9 Å². The van der Waals surface area contributed by atoms with E-state index in [9.17, 15) is 4.79 Å². The molecule has 1 aliphatic heterocycles. The molecule has 88 valence electrons. The SMILES string of the molecule is NCCNC(=O)CCOC1CCOCC1. The summed E-state index contributed by atoms with van der Waals surface area (Å²) in [5.41, 5.74) is 5.26. The van der Waals surface area contributed by atoms with Gasteiger partial charge in [-0.05, 0) is 12.8 Å². The van der Waals surface area contributed by atoms with Gasteiger partial charge in [-0.15, -0.1) is 0 Å². The summed E-state index contributed by atoms with van der Waals surface area (Å²) in [7, 11) is 0. The number of hydrogen-bond acceptors (Lipinski definition) is 4. The quantitative estimate of drug-likeness (QED) is 0.636. The predicted molar refractivity (Wildman–Crippen MR) is 56.5 cm³/mol. The van der Waals surface area contributed by atoms with E-state index >= 15 is 0 Å². The molecule has 15 heavy (non-hydrogen) atoms. The first kappa shape index (κ1) is 12.4. The van der Waals surface area contributed by atoms with Crippen molar-refractivity contribution in [3.63, 3.8) is 0 Å². The van der Waals surface area contributed by atoms with E-state index in [1.165, 1.54) is 0 Å². The van der Waals surface area contributed by atoms with Gasteiger partial charge >= 0.3 is 0 Å². The number of amides is 1. The van der Waals surface area contributed by atoms with E-state index in [-0.39, 0.29) is 12.0 Å². The zero-order valence-corrected chi connectivity index (χ0v) is 9.04. The Morgan fingerprint density at radius 3 is 2.87 bits per heavy atom. The van der Waals surface area contributed by atoms with Crippen LogP contribution in [0.1, 0.15) is 19.3 Å². The second kappa shape index (κ2) is 7.62. The van der Waals surface area contributed by atoms with Gasteiger partial charge in [0.2, 0.25) is 5.91 Å². The summed E-state index contributed by atoms with van der Waals surface area (Å²) in [5, 5.41) is 2.70. The first-order chi connectivity index (χ1) is 7.33. The Balaban J connectivity index is 1.97. The molecule has 1 heterocycles. The fourth-order valence-corrected chi connectivity index (χ4v) is 1.46. The van der Waals surface area contributed by atoms with Crippen LogP contribution in [-0.2, 0) is 14.3 Å². The number of carbonyl (C=O) groups is 1. The van der Waals surface area contributed by atoms with Crippen molar-refractivity contribution < 1.29 is 14.3 Å². The molecule has 1 rings (SSSR count). The molecular weight excluding hydrogens is 196 g/mol. The number of nitrogens with two attached hydrogens (primary N) is 1. The summed E-state index contributed by atoms with van der Waals surface area (Å²) in [5.74, 6) is 0.00695. The topological polar surface area (TPSA) is 73.6 Å². The number of hydrogen-bond donors (Lipinski definition) is 2. The second-order valence-corrected chi connectivity index (χ2v) is 3.57. The van der Waals surface area contributed by atoms with Crippen molar-refractivity contribution in [3.05, 3.63) is 0 Å². The van der Waals surface area contributed by atoms with Gasteiger partial charge in [-0.2, -0.15) is 0 Å². The highest BCUT2D eigenvalue weighted by atomic mass is 16.5. The fraction of sp³-hybridized carbons (Fsp3) is 0.900. The lowest BCUT2D eigenvalue weighted by Crippen LogP contribution is -2.30. The molecule has 1 saturated heterocycles. The van der Waals surface area contributed by atoms with Crippen LogP contribution in [0.2, 0.25) is 0 Å². The number of rotatable bonds is 6. The average molecular weight is 216 g/mol. The number of nitrogens with one attached hydrogen (secondary N) is 1. The zero-order chi connectivity index (χ0) is 10.9. The van der Waals surface area contributed by atoms with Crippen LogP contribution in [0, 0.1) is 0 Å². The van der Waals surface area contributed by atoms with Crippen molar-refractivity contribution in [1.29, 1.82) is 0 Å². The van der Waals surface area contributed by atoms with Gasteiger partial charge in [-0.3, -0.25) is 4.79 Å². The van der Waals surface area contributed by atoms with Crippen molar-refractivity contribution in [1.82, 2.24) is 5.32 Å². The molecule has 0 aliphatic carbocycles. The molecule has 0 unspecified atom stereocenters. The van der Waals surface area contributed by atoms with Gasteiger partial charge in [-0.25, -0.2) is 0 Å². The molecule has 1 fully saturated rings. The molecular formula is C10H20N2O3. The second-order valence-electron chi connectivity index (χ2n) is 3.57. The molecule has 0 aromatic carbocycles. The van der Waals surface area contributed by atoms with Gasteiger partial charge in [0.05, 0.1) is 12.7 Å². The predicted octanol–water partition coefficient (Wildman–Crippen LogP) is -0.353. The Bertz CT molecular complexity index is 182. The summed E-state index contributed by atoms with van der Waals surface area (Å²) in [6.45, 7) is 3.04. The molecule has 5 heteroatoms. The molecule has 0 saturated carbocycles. The average Bonchev–Trinajstić information content (AvgIpc) is 2.28. The van der Waals surface area contributed by atoms with E-state index in [0.717, 1.165) is 26.1 Å². The molecule has 3 N–H and O–H groups in total. The molecule has 5 nitrogen and oxygen atoms in total. The Labute approximate surface area is 90.3 Å². The third-order valence-electron chi connectivity index (χ3n) is 2.32. The van der Waals surface area contributed by atoms with Gasteiger partial charge in [0, 0.05) is 32.7 Å². The minimum absolute atomic E-state index is 0.00695. The Kier molecular flexibility index (Phi) is 6.31. The summed E-state index contributed by atoms with van der Waals surface area (Å²) >= 11 is 0. The van der Waals surface area contributed by atoms with E-state index in [1.54, 1.807) is 0 Å². The van der Waals surface area contributed by atoms with Gasteiger partial charge < -0.3 is 20.5 Å². The lowest BCUT2D eigenvalue weighted by molar-refractivity contribution is -0.123. The molecule has 0 aromatic rings. The third kappa shape index (κ3) is 5.71. The first-order valence-electron chi connectivity index (χ1n) is 5.49. The molecule has 0 atom stereocenters. The molecule has 0 bridgehead atoms. The summed E-state index contributed by atoms with van der Waals surface area (Å²) in [4.78, 5) is 11.2. The van der Waals surface area contributed by atoms with Gasteiger partial charge in [0.15, 0.2) is 0 Å².